The molecule has 0 aromatic carbocycles. The lowest BCUT2D eigenvalue weighted by atomic mass is 9.44. The molecule has 116 valence electrons. The molecule has 1 heterocycles. The van der Waals surface area contributed by atoms with E-state index in [1.165, 1.54) is 44.3 Å². The van der Waals surface area contributed by atoms with Crippen molar-refractivity contribution in [1.82, 2.24) is 14.8 Å². The molecule has 2 atom stereocenters. The molecule has 21 heavy (non-hydrogen) atoms. The molecular formula is C17H28N4. The fraction of sp³-hybridized carbons (Fsp3) is 0.882. The third-order valence-electron chi connectivity index (χ3n) is 6.29. The molecule has 4 aliphatic carbocycles. The van der Waals surface area contributed by atoms with Crippen molar-refractivity contribution in [3.8, 4) is 0 Å². The Morgan fingerprint density at radius 3 is 2.38 bits per heavy atom. The zero-order valence-electron chi connectivity index (χ0n) is 13.6. The van der Waals surface area contributed by atoms with Gasteiger partial charge in [-0.3, -0.25) is 0 Å². The number of nitrogens with zero attached hydrogens (tertiary/aromatic N) is 3. The van der Waals surface area contributed by atoms with Crippen LogP contribution in [0.1, 0.15) is 77.0 Å². The second kappa shape index (κ2) is 4.31. The Morgan fingerprint density at radius 2 is 1.86 bits per heavy atom. The molecule has 0 radical (unpaired) electrons. The van der Waals surface area contributed by atoms with Crippen LogP contribution >= 0.6 is 0 Å². The molecule has 0 spiro atoms. The summed E-state index contributed by atoms with van der Waals surface area (Å²) in [4.78, 5) is 0. The molecule has 4 aliphatic rings. The summed E-state index contributed by atoms with van der Waals surface area (Å²) < 4.78 is 2.34. The topological polar surface area (TPSA) is 56.7 Å². The van der Waals surface area contributed by atoms with Gasteiger partial charge in [-0.1, -0.05) is 6.92 Å². The summed E-state index contributed by atoms with van der Waals surface area (Å²) in [5.74, 6) is 4.03. The van der Waals surface area contributed by atoms with E-state index in [4.69, 9.17) is 5.73 Å². The van der Waals surface area contributed by atoms with Gasteiger partial charge in [-0.05, 0) is 69.6 Å². The summed E-state index contributed by atoms with van der Waals surface area (Å²) in [7, 11) is 0. The largest absolute Gasteiger partial charge is 0.324 e. The lowest BCUT2D eigenvalue weighted by Gasteiger charge is -2.60. The fourth-order valence-corrected chi connectivity index (χ4v) is 6.35. The zero-order chi connectivity index (χ0) is 14.8. The van der Waals surface area contributed by atoms with Gasteiger partial charge in [0.05, 0.1) is 6.54 Å². The molecule has 4 nitrogen and oxygen atoms in total. The molecular weight excluding hydrogens is 260 g/mol. The predicted molar refractivity (Wildman–Crippen MR) is 82.8 cm³/mol. The van der Waals surface area contributed by atoms with E-state index in [1.807, 2.05) is 0 Å². The first-order chi connectivity index (χ1) is 9.95. The lowest BCUT2D eigenvalue weighted by molar-refractivity contribution is -0.0664. The van der Waals surface area contributed by atoms with Crippen LogP contribution in [0.5, 0.6) is 0 Å². The average molecular weight is 288 g/mol. The van der Waals surface area contributed by atoms with Gasteiger partial charge in [-0.25, -0.2) is 0 Å². The molecule has 4 heteroatoms. The van der Waals surface area contributed by atoms with Crippen molar-refractivity contribution in [2.75, 3.05) is 0 Å². The van der Waals surface area contributed by atoms with Crippen molar-refractivity contribution < 1.29 is 0 Å². The molecule has 5 rings (SSSR count). The monoisotopic (exact) mass is 288 g/mol. The Labute approximate surface area is 127 Å². The summed E-state index contributed by atoms with van der Waals surface area (Å²) in [6.45, 7) is 7.47. The van der Waals surface area contributed by atoms with E-state index in [2.05, 4.69) is 35.5 Å². The van der Waals surface area contributed by atoms with E-state index in [0.717, 1.165) is 17.7 Å². The highest BCUT2D eigenvalue weighted by atomic mass is 15.3. The van der Waals surface area contributed by atoms with E-state index in [9.17, 15) is 0 Å². The highest BCUT2D eigenvalue weighted by molar-refractivity contribution is 5.21. The van der Waals surface area contributed by atoms with Gasteiger partial charge in [-0.2, -0.15) is 0 Å². The maximum Gasteiger partial charge on any atom is 0.147 e. The summed E-state index contributed by atoms with van der Waals surface area (Å²) >= 11 is 0. The molecule has 0 saturated heterocycles. The van der Waals surface area contributed by atoms with Gasteiger partial charge in [0, 0.05) is 11.5 Å². The second-order valence-corrected chi connectivity index (χ2v) is 8.66. The van der Waals surface area contributed by atoms with Gasteiger partial charge in [0.1, 0.15) is 11.6 Å². The van der Waals surface area contributed by atoms with Crippen LogP contribution in [0.25, 0.3) is 0 Å². The molecule has 1 aromatic rings. The lowest BCUT2D eigenvalue weighted by Crippen LogP contribution is -2.54. The highest BCUT2D eigenvalue weighted by Crippen LogP contribution is 2.65. The minimum Gasteiger partial charge on any atom is -0.324 e. The van der Waals surface area contributed by atoms with Gasteiger partial charge in [0.25, 0.3) is 0 Å². The first-order valence-electron chi connectivity index (χ1n) is 8.59. The van der Waals surface area contributed by atoms with Crippen LogP contribution in [0, 0.1) is 17.3 Å². The molecule has 0 aliphatic heterocycles. The van der Waals surface area contributed by atoms with Crippen LogP contribution in [0.2, 0.25) is 0 Å². The van der Waals surface area contributed by atoms with Gasteiger partial charge < -0.3 is 10.3 Å². The molecule has 1 aromatic heterocycles. The summed E-state index contributed by atoms with van der Waals surface area (Å²) in [5, 5.41) is 9.09. The smallest absolute Gasteiger partial charge is 0.147 e. The van der Waals surface area contributed by atoms with Crippen molar-refractivity contribution in [3.63, 3.8) is 0 Å². The summed E-state index contributed by atoms with van der Waals surface area (Å²) in [6, 6.07) is 0.398. The predicted octanol–water partition coefficient (Wildman–Crippen LogP) is 3.18. The number of aromatic nitrogens is 3. The summed E-state index contributed by atoms with van der Waals surface area (Å²) in [5.41, 5.74) is 6.72. The molecule has 0 amide bonds. The van der Waals surface area contributed by atoms with Crippen molar-refractivity contribution in [1.29, 1.82) is 0 Å². The minimum absolute atomic E-state index is 0.281. The van der Waals surface area contributed by atoms with Crippen LogP contribution in [0.3, 0.4) is 0 Å². The molecule has 4 saturated carbocycles. The van der Waals surface area contributed by atoms with E-state index in [1.54, 1.807) is 0 Å². The Kier molecular flexibility index (Phi) is 2.82. The molecule has 4 bridgehead atoms. The molecule has 2 N–H and O–H groups in total. The van der Waals surface area contributed by atoms with E-state index in [0.29, 0.717) is 18.0 Å². The summed E-state index contributed by atoms with van der Waals surface area (Å²) in [6.07, 6.45) is 8.29. The first kappa shape index (κ1) is 13.7. The van der Waals surface area contributed by atoms with Crippen molar-refractivity contribution in [3.05, 3.63) is 11.6 Å². The van der Waals surface area contributed by atoms with Crippen molar-refractivity contribution in [2.24, 2.45) is 23.0 Å². The normalized spacial score (nSPS) is 41.2. The van der Waals surface area contributed by atoms with Crippen molar-refractivity contribution in [2.45, 2.75) is 77.3 Å². The maximum absolute atomic E-state index is 5.90. The number of nitrogens with two attached hydrogens (primary N) is 1. The van der Waals surface area contributed by atoms with Crippen molar-refractivity contribution >= 4 is 0 Å². The quantitative estimate of drug-likeness (QED) is 0.929. The van der Waals surface area contributed by atoms with Crippen LogP contribution in [-0.2, 0) is 12.0 Å². The van der Waals surface area contributed by atoms with Crippen LogP contribution < -0.4 is 5.73 Å². The van der Waals surface area contributed by atoms with E-state index < -0.39 is 0 Å². The fourth-order valence-electron chi connectivity index (χ4n) is 6.35. The van der Waals surface area contributed by atoms with Gasteiger partial charge in [-0.15, -0.1) is 10.2 Å². The van der Waals surface area contributed by atoms with Gasteiger partial charge in [0.15, 0.2) is 0 Å². The minimum atomic E-state index is 0.281. The SMILES string of the molecule is CC(C)n1c(CN)nnc1C12CC3CC(CC(C)(C3)C1)C2. The Balaban J connectivity index is 1.81. The Hall–Kier alpha value is -0.900. The number of rotatable bonds is 3. The number of hydrogen-bond acceptors (Lipinski definition) is 3. The van der Waals surface area contributed by atoms with Crippen LogP contribution in [-0.4, -0.2) is 14.8 Å². The molecule has 4 fully saturated rings. The zero-order valence-corrected chi connectivity index (χ0v) is 13.6. The average Bonchev–Trinajstić information content (AvgIpc) is 2.80. The van der Waals surface area contributed by atoms with Gasteiger partial charge >= 0.3 is 0 Å². The van der Waals surface area contributed by atoms with E-state index in [-0.39, 0.29) is 5.41 Å². The number of hydrogen-bond donors (Lipinski definition) is 1. The highest BCUT2D eigenvalue weighted by Gasteiger charge is 2.58. The maximum atomic E-state index is 5.90. The van der Waals surface area contributed by atoms with Crippen LogP contribution in [0.4, 0.5) is 0 Å². The first-order valence-corrected chi connectivity index (χ1v) is 8.59. The Bertz CT molecular complexity index is 545. The third-order valence-corrected chi connectivity index (χ3v) is 6.29. The molecule has 2 unspecified atom stereocenters. The van der Waals surface area contributed by atoms with E-state index >= 15 is 0 Å². The standard InChI is InChI=1S/C17H28N4/c1-11(2)21-14(9-18)19-20-15(21)17-7-12-4-13(8-17)6-16(3,5-12)10-17/h11-13H,4-10,18H2,1-3H3. The third kappa shape index (κ3) is 1.91. The second-order valence-electron chi connectivity index (χ2n) is 8.66. The van der Waals surface area contributed by atoms with Gasteiger partial charge in [0.2, 0.25) is 0 Å². The Morgan fingerprint density at radius 1 is 1.19 bits per heavy atom. The van der Waals surface area contributed by atoms with Crippen LogP contribution in [0.15, 0.2) is 0 Å².